The van der Waals surface area contributed by atoms with Crippen LogP contribution in [0.1, 0.15) is 43.5 Å². The third kappa shape index (κ3) is 3.90. The van der Waals surface area contributed by atoms with E-state index in [1.54, 1.807) is 7.11 Å². The van der Waals surface area contributed by atoms with Gasteiger partial charge in [0.2, 0.25) is 0 Å². The quantitative estimate of drug-likeness (QED) is 0.721. The summed E-state index contributed by atoms with van der Waals surface area (Å²) >= 11 is 0. The summed E-state index contributed by atoms with van der Waals surface area (Å²) in [6.07, 6.45) is 3.03. The van der Waals surface area contributed by atoms with E-state index < -0.39 is 0 Å². The Hall–Kier alpha value is -2.21. The Morgan fingerprint density at radius 3 is 2.80 bits per heavy atom. The maximum atomic E-state index is 12.4. The van der Waals surface area contributed by atoms with Gasteiger partial charge >= 0.3 is 0 Å². The van der Waals surface area contributed by atoms with Crippen molar-refractivity contribution in [3.8, 4) is 0 Å². The van der Waals surface area contributed by atoms with Crippen LogP contribution in [0.2, 0.25) is 0 Å². The molecular weight excluding hydrogens is 316 g/mol. The van der Waals surface area contributed by atoms with Crippen LogP contribution in [-0.4, -0.2) is 43.2 Å². The van der Waals surface area contributed by atoms with Crippen molar-refractivity contribution in [2.24, 2.45) is 0 Å². The minimum Gasteiger partial charge on any atom is -0.385 e. The number of fused-ring (bicyclic) bond motifs is 1. The van der Waals surface area contributed by atoms with Crippen molar-refractivity contribution >= 4 is 28.3 Å². The number of nitrogen functional groups attached to an aromatic ring is 1. The van der Waals surface area contributed by atoms with E-state index in [-0.39, 0.29) is 11.5 Å². The first-order valence-electron chi connectivity index (χ1n) is 8.79. The third-order valence-corrected chi connectivity index (χ3v) is 4.99. The van der Waals surface area contributed by atoms with Gasteiger partial charge in [-0.1, -0.05) is 0 Å². The number of aromatic nitrogens is 1. The summed E-state index contributed by atoms with van der Waals surface area (Å²) in [7, 11) is 3.79. The molecule has 0 bridgehead atoms. The molecule has 4 N–H and O–H groups in total. The molecule has 2 aromatic rings. The lowest BCUT2D eigenvalue weighted by Gasteiger charge is -2.27. The van der Waals surface area contributed by atoms with Gasteiger partial charge in [0.1, 0.15) is 5.82 Å². The van der Waals surface area contributed by atoms with E-state index >= 15 is 0 Å². The van der Waals surface area contributed by atoms with Crippen molar-refractivity contribution in [3.63, 3.8) is 0 Å². The highest BCUT2D eigenvalue weighted by molar-refractivity contribution is 6.11. The number of benzene rings is 1. The Morgan fingerprint density at radius 1 is 1.44 bits per heavy atom. The maximum absolute atomic E-state index is 12.4. The molecule has 6 nitrogen and oxygen atoms in total. The summed E-state index contributed by atoms with van der Waals surface area (Å²) in [6, 6.07) is 6.35. The van der Waals surface area contributed by atoms with Crippen molar-refractivity contribution in [2.45, 2.75) is 44.8 Å². The molecule has 1 heterocycles. The molecule has 1 saturated carbocycles. The van der Waals surface area contributed by atoms with Crippen molar-refractivity contribution in [1.82, 2.24) is 10.3 Å². The smallest absolute Gasteiger partial charge is 0.255 e. The highest BCUT2D eigenvalue weighted by Gasteiger charge is 2.26. The van der Waals surface area contributed by atoms with Crippen LogP contribution in [0.4, 0.5) is 11.5 Å². The fourth-order valence-electron chi connectivity index (χ4n) is 2.84. The molecule has 0 aliphatic heterocycles. The molecule has 0 saturated heterocycles. The summed E-state index contributed by atoms with van der Waals surface area (Å²) in [5.41, 5.74) is 8.43. The van der Waals surface area contributed by atoms with Gasteiger partial charge in [0.25, 0.3) is 5.91 Å². The minimum atomic E-state index is -0.150. The number of ether oxygens (including phenoxy) is 1. The van der Waals surface area contributed by atoms with Gasteiger partial charge in [-0.2, -0.15) is 0 Å². The fourth-order valence-corrected chi connectivity index (χ4v) is 2.84. The van der Waals surface area contributed by atoms with Gasteiger partial charge < -0.3 is 25.7 Å². The van der Waals surface area contributed by atoms with Crippen LogP contribution in [0.5, 0.6) is 0 Å². The second kappa shape index (κ2) is 6.59. The Balaban J connectivity index is 1.79. The highest BCUT2D eigenvalue weighted by Crippen LogP contribution is 2.29. The molecular formula is C19H28N4O2. The van der Waals surface area contributed by atoms with E-state index in [0.29, 0.717) is 17.4 Å². The van der Waals surface area contributed by atoms with Crippen molar-refractivity contribution < 1.29 is 9.53 Å². The zero-order chi connectivity index (χ0) is 18.2. The zero-order valence-corrected chi connectivity index (χ0v) is 15.5. The summed E-state index contributed by atoms with van der Waals surface area (Å²) in [5, 5.41) is 3.87. The van der Waals surface area contributed by atoms with Crippen LogP contribution in [0, 0.1) is 0 Å². The highest BCUT2D eigenvalue weighted by atomic mass is 16.5. The van der Waals surface area contributed by atoms with Crippen molar-refractivity contribution in [2.75, 3.05) is 31.3 Å². The number of carbonyl (C=O) groups is 1. The van der Waals surface area contributed by atoms with Crippen LogP contribution >= 0.6 is 0 Å². The van der Waals surface area contributed by atoms with E-state index in [1.807, 2.05) is 18.2 Å². The van der Waals surface area contributed by atoms with Crippen LogP contribution in [0.25, 0.3) is 10.9 Å². The average molecular weight is 344 g/mol. The molecule has 25 heavy (non-hydrogen) atoms. The van der Waals surface area contributed by atoms with Crippen LogP contribution < -0.4 is 16.0 Å². The first kappa shape index (κ1) is 17.6. The molecule has 0 unspecified atom stereocenters. The number of rotatable bonds is 7. The third-order valence-electron chi connectivity index (χ3n) is 4.99. The number of amides is 1. The SMILES string of the molecule is COC(C)(C)CCN(C)c1ccc2c(C(=O)NC3CC3)c(N)[nH]c2c1. The number of nitrogens with two attached hydrogens (primary N) is 1. The maximum Gasteiger partial charge on any atom is 0.255 e. The van der Waals surface area contributed by atoms with Gasteiger partial charge in [0.15, 0.2) is 0 Å². The number of carbonyl (C=O) groups excluding carboxylic acids is 1. The van der Waals surface area contributed by atoms with E-state index in [0.717, 1.165) is 42.4 Å². The summed E-state index contributed by atoms with van der Waals surface area (Å²) in [5.74, 6) is 0.336. The number of nitrogens with one attached hydrogen (secondary N) is 2. The number of aromatic amines is 1. The standard InChI is InChI=1S/C19H28N4O2/c1-19(2,25-4)9-10-23(3)13-7-8-14-15(11-13)22-17(20)16(14)18(24)21-12-5-6-12/h7-8,11-12,22H,5-6,9-10,20H2,1-4H3,(H,21,24). The molecule has 1 aliphatic carbocycles. The van der Waals surface area contributed by atoms with Gasteiger partial charge in [0.05, 0.1) is 11.2 Å². The van der Waals surface area contributed by atoms with Gasteiger partial charge in [-0.15, -0.1) is 0 Å². The summed E-state index contributed by atoms with van der Waals surface area (Å²) in [4.78, 5) is 17.7. The van der Waals surface area contributed by atoms with Gasteiger partial charge in [-0.25, -0.2) is 0 Å². The number of methoxy groups -OCH3 is 1. The van der Waals surface area contributed by atoms with Crippen LogP contribution in [0.3, 0.4) is 0 Å². The molecule has 1 fully saturated rings. The number of anilines is 2. The van der Waals surface area contributed by atoms with Crippen molar-refractivity contribution in [3.05, 3.63) is 23.8 Å². The fraction of sp³-hybridized carbons (Fsp3) is 0.526. The second-order valence-electron chi connectivity index (χ2n) is 7.53. The Kier molecular flexibility index (Phi) is 4.64. The number of hydrogen-bond donors (Lipinski definition) is 3. The lowest BCUT2D eigenvalue weighted by Crippen LogP contribution is -2.30. The van der Waals surface area contributed by atoms with Gasteiger partial charge in [-0.3, -0.25) is 4.79 Å². The molecule has 136 valence electrons. The van der Waals surface area contributed by atoms with Gasteiger partial charge in [0, 0.05) is 43.3 Å². The van der Waals surface area contributed by atoms with E-state index in [9.17, 15) is 4.79 Å². The zero-order valence-electron chi connectivity index (χ0n) is 15.5. The van der Waals surface area contributed by atoms with E-state index in [2.05, 4.69) is 36.1 Å². The topological polar surface area (TPSA) is 83.4 Å². The molecule has 6 heteroatoms. The molecule has 3 rings (SSSR count). The van der Waals surface area contributed by atoms with Crippen LogP contribution in [-0.2, 0) is 4.74 Å². The van der Waals surface area contributed by atoms with E-state index in [4.69, 9.17) is 10.5 Å². The lowest BCUT2D eigenvalue weighted by atomic mass is 10.0. The van der Waals surface area contributed by atoms with Crippen molar-refractivity contribution in [1.29, 1.82) is 0 Å². The summed E-state index contributed by atoms with van der Waals surface area (Å²) in [6.45, 7) is 5.04. The van der Waals surface area contributed by atoms with Crippen LogP contribution in [0.15, 0.2) is 18.2 Å². The predicted molar refractivity (Wildman–Crippen MR) is 102 cm³/mol. The molecule has 0 spiro atoms. The molecule has 1 aliphatic rings. The molecule has 1 amide bonds. The minimum absolute atomic E-state index is 0.0887. The Morgan fingerprint density at radius 2 is 2.16 bits per heavy atom. The van der Waals surface area contributed by atoms with E-state index in [1.165, 1.54) is 0 Å². The normalized spacial score (nSPS) is 14.7. The Bertz CT molecular complexity index is 777. The lowest BCUT2D eigenvalue weighted by molar-refractivity contribution is 0.0174. The molecule has 0 atom stereocenters. The number of hydrogen-bond acceptors (Lipinski definition) is 4. The number of H-pyrrole nitrogens is 1. The average Bonchev–Trinajstić information content (AvgIpc) is 3.31. The monoisotopic (exact) mass is 344 g/mol. The summed E-state index contributed by atoms with van der Waals surface area (Å²) < 4.78 is 5.48. The number of nitrogens with zero attached hydrogens (tertiary/aromatic N) is 1. The molecule has 1 aromatic heterocycles. The second-order valence-corrected chi connectivity index (χ2v) is 7.53. The predicted octanol–water partition coefficient (Wildman–Crippen LogP) is 2.89. The molecule has 1 aromatic carbocycles. The van der Waals surface area contributed by atoms with Gasteiger partial charge in [-0.05, 0) is 51.3 Å². The molecule has 0 radical (unpaired) electrons. The largest absolute Gasteiger partial charge is 0.385 e. The first-order chi connectivity index (χ1) is 11.8. The Labute approximate surface area is 148 Å². The first-order valence-corrected chi connectivity index (χ1v) is 8.79.